The van der Waals surface area contributed by atoms with Gasteiger partial charge in [-0.15, -0.1) is 0 Å². The summed E-state index contributed by atoms with van der Waals surface area (Å²) < 4.78 is 0. The number of hydrogen-bond acceptors (Lipinski definition) is 1. The van der Waals surface area contributed by atoms with Gasteiger partial charge in [0.15, 0.2) is 0 Å². The molecule has 1 nitrogen and oxygen atoms in total. The van der Waals surface area contributed by atoms with E-state index >= 15 is 0 Å². The van der Waals surface area contributed by atoms with Gasteiger partial charge in [-0.3, -0.25) is 0 Å². The summed E-state index contributed by atoms with van der Waals surface area (Å²) in [5.41, 5.74) is 6.18. The van der Waals surface area contributed by atoms with E-state index in [0.29, 0.717) is 0 Å². The Morgan fingerprint density at radius 1 is 0.947 bits per heavy atom. The molecular weight excluding hydrogens is 232 g/mol. The van der Waals surface area contributed by atoms with E-state index < -0.39 is 6.10 Å². The van der Waals surface area contributed by atoms with Crippen molar-refractivity contribution in [3.05, 3.63) is 70.3 Å². The molecule has 98 valence electrons. The number of aliphatic hydroxyl groups is 1. The average molecular weight is 252 g/mol. The fourth-order valence-electron chi connectivity index (χ4n) is 2.89. The molecule has 0 saturated heterocycles. The zero-order valence-corrected chi connectivity index (χ0v) is 11.4. The van der Waals surface area contributed by atoms with Gasteiger partial charge in [0.2, 0.25) is 0 Å². The Morgan fingerprint density at radius 3 is 2.37 bits per heavy atom. The van der Waals surface area contributed by atoms with Crippen molar-refractivity contribution in [3.8, 4) is 0 Å². The zero-order valence-electron chi connectivity index (χ0n) is 11.4. The van der Waals surface area contributed by atoms with Crippen LogP contribution in [0.4, 0.5) is 0 Å². The van der Waals surface area contributed by atoms with Crippen LogP contribution in [0.3, 0.4) is 0 Å². The smallest absolute Gasteiger partial charge is 0.104 e. The topological polar surface area (TPSA) is 20.2 Å². The molecule has 0 fully saturated rings. The summed E-state index contributed by atoms with van der Waals surface area (Å²) in [6.45, 7) is 2.14. The van der Waals surface area contributed by atoms with Crippen LogP contribution in [0.2, 0.25) is 0 Å². The maximum atomic E-state index is 10.5. The van der Waals surface area contributed by atoms with Gasteiger partial charge < -0.3 is 5.11 Å². The third-order valence-corrected chi connectivity index (χ3v) is 4.14. The van der Waals surface area contributed by atoms with Gasteiger partial charge in [-0.1, -0.05) is 49.4 Å². The van der Waals surface area contributed by atoms with Gasteiger partial charge in [0.1, 0.15) is 6.10 Å². The van der Waals surface area contributed by atoms with Crippen LogP contribution in [0.1, 0.15) is 47.3 Å². The lowest BCUT2D eigenvalue weighted by molar-refractivity contribution is 0.220. The predicted octanol–water partition coefficient (Wildman–Crippen LogP) is 3.82. The Bertz CT molecular complexity index is 569. The summed E-state index contributed by atoms with van der Waals surface area (Å²) in [5.74, 6) is 0. The first-order valence-electron chi connectivity index (χ1n) is 7.16. The van der Waals surface area contributed by atoms with Crippen LogP contribution in [0.5, 0.6) is 0 Å². The summed E-state index contributed by atoms with van der Waals surface area (Å²) in [5, 5.41) is 10.5. The van der Waals surface area contributed by atoms with Gasteiger partial charge in [-0.2, -0.15) is 0 Å². The summed E-state index contributed by atoms with van der Waals surface area (Å²) in [6.07, 6.45) is 4.13. The van der Waals surface area contributed by atoms with Crippen LogP contribution in [-0.2, 0) is 19.3 Å². The molecule has 0 radical (unpaired) electrons. The zero-order chi connectivity index (χ0) is 13.2. The van der Waals surface area contributed by atoms with Crippen molar-refractivity contribution in [1.29, 1.82) is 0 Å². The van der Waals surface area contributed by atoms with E-state index in [2.05, 4.69) is 37.3 Å². The summed E-state index contributed by atoms with van der Waals surface area (Å²) in [4.78, 5) is 0. The Balaban J connectivity index is 1.88. The van der Waals surface area contributed by atoms with E-state index in [1.807, 2.05) is 12.1 Å². The SMILES string of the molecule is CCc1ccc(C(O)c2ccc3c(c2)CCC3)cc1. The van der Waals surface area contributed by atoms with Crippen LogP contribution in [-0.4, -0.2) is 5.11 Å². The van der Waals surface area contributed by atoms with Crippen LogP contribution in [0.25, 0.3) is 0 Å². The molecule has 0 aromatic heterocycles. The summed E-state index contributed by atoms with van der Waals surface area (Å²) in [7, 11) is 0. The number of benzene rings is 2. The largest absolute Gasteiger partial charge is 0.384 e. The van der Waals surface area contributed by atoms with Gasteiger partial charge in [-0.05, 0) is 53.5 Å². The molecule has 1 N–H and O–H groups in total. The molecule has 2 aromatic carbocycles. The predicted molar refractivity (Wildman–Crippen MR) is 78.3 cm³/mol. The first-order chi connectivity index (χ1) is 9.28. The van der Waals surface area contributed by atoms with Crippen molar-refractivity contribution >= 4 is 0 Å². The molecule has 0 heterocycles. The third kappa shape index (κ3) is 2.43. The Morgan fingerprint density at radius 2 is 1.63 bits per heavy atom. The molecule has 2 aromatic rings. The number of hydrogen-bond donors (Lipinski definition) is 1. The molecule has 1 atom stereocenters. The van der Waals surface area contributed by atoms with E-state index in [1.165, 1.54) is 29.5 Å². The molecule has 1 unspecified atom stereocenters. The number of aliphatic hydroxyl groups excluding tert-OH is 1. The highest BCUT2D eigenvalue weighted by atomic mass is 16.3. The van der Waals surface area contributed by atoms with Gasteiger partial charge in [0.05, 0.1) is 0 Å². The molecule has 0 bridgehead atoms. The average Bonchev–Trinajstić information content (AvgIpc) is 2.94. The fraction of sp³-hybridized carbons (Fsp3) is 0.333. The molecule has 0 amide bonds. The third-order valence-electron chi connectivity index (χ3n) is 4.14. The molecular formula is C18H20O. The van der Waals surface area contributed by atoms with Crippen molar-refractivity contribution in [2.45, 2.75) is 38.7 Å². The monoisotopic (exact) mass is 252 g/mol. The lowest BCUT2D eigenvalue weighted by Crippen LogP contribution is -2.01. The van der Waals surface area contributed by atoms with Crippen molar-refractivity contribution in [3.63, 3.8) is 0 Å². The van der Waals surface area contributed by atoms with E-state index in [9.17, 15) is 5.11 Å². The lowest BCUT2D eigenvalue weighted by atomic mass is 9.97. The maximum absolute atomic E-state index is 10.5. The number of aryl methyl sites for hydroxylation is 3. The molecule has 0 saturated carbocycles. The van der Waals surface area contributed by atoms with Crippen LogP contribution in [0, 0.1) is 0 Å². The lowest BCUT2D eigenvalue weighted by Gasteiger charge is -2.13. The normalized spacial score (nSPS) is 15.3. The van der Waals surface area contributed by atoms with Crippen LogP contribution < -0.4 is 0 Å². The number of rotatable bonds is 3. The van der Waals surface area contributed by atoms with Crippen LogP contribution >= 0.6 is 0 Å². The minimum Gasteiger partial charge on any atom is -0.384 e. The van der Waals surface area contributed by atoms with E-state index in [4.69, 9.17) is 0 Å². The molecule has 1 aliphatic carbocycles. The first-order valence-corrected chi connectivity index (χ1v) is 7.16. The minimum atomic E-state index is -0.503. The first kappa shape index (κ1) is 12.4. The van der Waals surface area contributed by atoms with Gasteiger partial charge in [0.25, 0.3) is 0 Å². The maximum Gasteiger partial charge on any atom is 0.104 e. The second-order valence-electron chi connectivity index (χ2n) is 5.38. The second-order valence-corrected chi connectivity index (χ2v) is 5.38. The number of fused-ring (bicyclic) bond motifs is 1. The van der Waals surface area contributed by atoms with Gasteiger partial charge in [0, 0.05) is 0 Å². The molecule has 3 rings (SSSR count). The second kappa shape index (κ2) is 5.18. The van der Waals surface area contributed by atoms with Crippen molar-refractivity contribution in [2.75, 3.05) is 0 Å². The Hall–Kier alpha value is -1.60. The summed E-state index contributed by atoms with van der Waals surface area (Å²) in [6, 6.07) is 14.7. The highest BCUT2D eigenvalue weighted by Crippen LogP contribution is 2.28. The van der Waals surface area contributed by atoms with Crippen molar-refractivity contribution in [1.82, 2.24) is 0 Å². The van der Waals surface area contributed by atoms with E-state index in [1.54, 1.807) is 0 Å². The quantitative estimate of drug-likeness (QED) is 0.880. The Kier molecular flexibility index (Phi) is 3.39. The Labute approximate surface area is 114 Å². The molecule has 0 spiro atoms. The molecule has 19 heavy (non-hydrogen) atoms. The van der Waals surface area contributed by atoms with Crippen molar-refractivity contribution < 1.29 is 5.11 Å². The summed E-state index contributed by atoms with van der Waals surface area (Å²) >= 11 is 0. The molecule has 1 heteroatoms. The fourth-order valence-corrected chi connectivity index (χ4v) is 2.89. The van der Waals surface area contributed by atoms with Crippen molar-refractivity contribution in [2.24, 2.45) is 0 Å². The molecule has 0 aliphatic heterocycles. The highest BCUT2D eigenvalue weighted by Gasteiger charge is 2.15. The standard InChI is InChI=1S/C18H20O/c1-2-13-6-8-15(9-7-13)18(19)17-11-10-14-4-3-5-16(14)12-17/h6-12,18-19H,2-5H2,1H3. The molecule has 1 aliphatic rings. The van der Waals surface area contributed by atoms with E-state index in [0.717, 1.165) is 24.0 Å². The van der Waals surface area contributed by atoms with Gasteiger partial charge in [-0.25, -0.2) is 0 Å². The minimum absolute atomic E-state index is 0.503. The van der Waals surface area contributed by atoms with E-state index in [-0.39, 0.29) is 0 Å². The van der Waals surface area contributed by atoms with Crippen LogP contribution in [0.15, 0.2) is 42.5 Å². The van der Waals surface area contributed by atoms with Gasteiger partial charge >= 0.3 is 0 Å². The highest BCUT2D eigenvalue weighted by molar-refractivity contribution is 5.39.